The van der Waals surface area contributed by atoms with Crippen LogP contribution in [0, 0.1) is 0 Å². The first-order valence-corrected chi connectivity index (χ1v) is 3.60. The van der Waals surface area contributed by atoms with E-state index in [-0.39, 0.29) is 0 Å². The van der Waals surface area contributed by atoms with Gasteiger partial charge >= 0.3 is 0 Å². The number of hydrogen-bond donors (Lipinski definition) is 1. The number of rotatable bonds is 2. The van der Waals surface area contributed by atoms with Crippen LogP contribution in [0.3, 0.4) is 0 Å². The molecule has 0 atom stereocenters. The smallest absolute Gasteiger partial charge is 0.0367 e. The molecule has 0 aromatic rings. The molecule has 0 aromatic carbocycles. The molecule has 0 spiro atoms. The van der Waals surface area contributed by atoms with Crippen molar-refractivity contribution in [1.29, 1.82) is 0 Å². The van der Waals surface area contributed by atoms with Gasteiger partial charge in [0.05, 0.1) is 0 Å². The Balaban J connectivity index is 2.77. The summed E-state index contributed by atoms with van der Waals surface area (Å²) in [4.78, 5) is 0. The molecule has 1 aliphatic heterocycles. The average molecular weight is 135 g/mol. The average Bonchev–Trinajstić information content (AvgIpc) is 2.36. The molecule has 1 aliphatic rings. The molecule has 1 nitrogen and oxygen atoms in total. The first-order valence-electron chi connectivity index (χ1n) is 3.60. The maximum absolute atomic E-state index is 3.72. The van der Waals surface area contributed by atoms with E-state index in [9.17, 15) is 0 Å². The lowest BCUT2D eigenvalue weighted by atomic mass is 10.2. The molecule has 0 aliphatic carbocycles. The van der Waals surface area contributed by atoms with Gasteiger partial charge in [0.1, 0.15) is 0 Å². The van der Waals surface area contributed by atoms with Crippen molar-refractivity contribution in [2.24, 2.45) is 0 Å². The summed E-state index contributed by atoms with van der Waals surface area (Å²) in [5.74, 6) is 0. The van der Waals surface area contributed by atoms with Crippen molar-refractivity contribution < 1.29 is 0 Å². The molecule has 0 aromatic heterocycles. The van der Waals surface area contributed by atoms with Gasteiger partial charge in [-0.2, -0.15) is 0 Å². The summed E-state index contributed by atoms with van der Waals surface area (Å²) in [5, 5.41) is 3.25. The van der Waals surface area contributed by atoms with Gasteiger partial charge in [-0.1, -0.05) is 18.7 Å². The quantitative estimate of drug-likeness (QED) is 0.610. The van der Waals surface area contributed by atoms with Crippen LogP contribution in [0.25, 0.3) is 0 Å². The first kappa shape index (κ1) is 7.13. The van der Waals surface area contributed by atoms with Crippen molar-refractivity contribution in [3.8, 4) is 0 Å². The lowest BCUT2D eigenvalue weighted by molar-refractivity contribution is 0.889. The normalized spacial score (nSPS) is 18.1. The van der Waals surface area contributed by atoms with Crippen LogP contribution in [0.15, 0.2) is 36.1 Å². The first-order chi connectivity index (χ1) is 4.88. The molecule has 1 heteroatoms. The lowest BCUT2D eigenvalue weighted by Gasteiger charge is -1.94. The summed E-state index contributed by atoms with van der Waals surface area (Å²) < 4.78 is 0. The summed E-state index contributed by atoms with van der Waals surface area (Å²) >= 11 is 0. The van der Waals surface area contributed by atoms with E-state index in [1.54, 1.807) is 0 Å². The topological polar surface area (TPSA) is 12.0 Å². The monoisotopic (exact) mass is 135 g/mol. The minimum atomic E-state index is 1.06. The number of hydrogen-bond acceptors (Lipinski definition) is 1. The van der Waals surface area contributed by atoms with Gasteiger partial charge in [-0.15, -0.1) is 0 Å². The molecule has 0 amide bonds. The highest BCUT2D eigenvalue weighted by molar-refractivity contribution is 5.34. The van der Waals surface area contributed by atoms with Crippen LogP contribution < -0.4 is 5.32 Å². The van der Waals surface area contributed by atoms with E-state index in [2.05, 4.69) is 24.0 Å². The summed E-state index contributed by atoms with van der Waals surface area (Å²) in [7, 11) is 0. The Kier molecular flexibility index (Phi) is 2.32. The Labute approximate surface area is 62.1 Å². The van der Waals surface area contributed by atoms with Crippen LogP contribution in [0.5, 0.6) is 0 Å². The summed E-state index contributed by atoms with van der Waals surface area (Å²) in [5.41, 5.74) is 2.57. The van der Waals surface area contributed by atoms with Gasteiger partial charge in [0.15, 0.2) is 0 Å². The predicted octanol–water partition coefficient (Wildman–Crippen LogP) is 2.00. The van der Waals surface area contributed by atoms with Crippen molar-refractivity contribution in [3.63, 3.8) is 0 Å². The second kappa shape index (κ2) is 3.25. The molecule has 0 radical (unpaired) electrons. The van der Waals surface area contributed by atoms with E-state index in [1.807, 2.05) is 13.0 Å². The fourth-order valence-corrected chi connectivity index (χ4v) is 1.16. The Morgan fingerprint density at radius 3 is 3.00 bits per heavy atom. The zero-order chi connectivity index (χ0) is 7.40. The van der Waals surface area contributed by atoms with E-state index in [1.165, 1.54) is 11.3 Å². The third-order valence-electron chi connectivity index (χ3n) is 1.63. The van der Waals surface area contributed by atoms with Gasteiger partial charge in [-0.05, 0) is 25.0 Å². The number of allylic oxidation sites excluding steroid dienone is 3. The molecule has 1 rings (SSSR count). The van der Waals surface area contributed by atoms with Crippen molar-refractivity contribution in [2.45, 2.75) is 13.3 Å². The van der Waals surface area contributed by atoms with E-state index < -0.39 is 0 Å². The Morgan fingerprint density at radius 2 is 2.40 bits per heavy atom. The van der Waals surface area contributed by atoms with Gasteiger partial charge in [0.2, 0.25) is 0 Å². The highest BCUT2D eigenvalue weighted by Crippen LogP contribution is 2.14. The maximum atomic E-state index is 3.72. The fourth-order valence-electron chi connectivity index (χ4n) is 1.16. The van der Waals surface area contributed by atoms with Crippen LogP contribution in [0.1, 0.15) is 13.3 Å². The highest BCUT2D eigenvalue weighted by atomic mass is 14.9. The standard InChI is InChI=1S/C9H13N/c1-3-5-8-6-7-10-9(8)4-2/h3-5,10H,2,6-7H2,1H3/b5-3-. The minimum absolute atomic E-state index is 1.06. The van der Waals surface area contributed by atoms with Gasteiger partial charge in [-0.25, -0.2) is 0 Å². The SMILES string of the molecule is C=CC1=C(/C=C\C)CCN1. The third kappa shape index (κ3) is 1.29. The number of nitrogens with one attached hydrogen (secondary N) is 1. The zero-order valence-corrected chi connectivity index (χ0v) is 6.35. The van der Waals surface area contributed by atoms with Gasteiger partial charge < -0.3 is 5.32 Å². The van der Waals surface area contributed by atoms with Crippen LogP contribution in [0.4, 0.5) is 0 Å². The van der Waals surface area contributed by atoms with Gasteiger partial charge in [0, 0.05) is 12.2 Å². The van der Waals surface area contributed by atoms with Crippen LogP contribution in [0.2, 0.25) is 0 Å². The minimum Gasteiger partial charge on any atom is -0.385 e. The molecular weight excluding hydrogens is 122 g/mol. The summed E-state index contributed by atoms with van der Waals surface area (Å²) in [6.45, 7) is 6.81. The molecule has 0 saturated heterocycles. The van der Waals surface area contributed by atoms with Crippen LogP contribution in [-0.2, 0) is 0 Å². The molecule has 54 valence electrons. The predicted molar refractivity (Wildman–Crippen MR) is 44.7 cm³/mol. The second-order valence-electron chi connectivity index (χ2n) is 2.32. The van der Waals surface area contributed by atoms with Crippen LogP contribution in [-0.4, -0.2) is 6.54 Å². The van der Waals surface area contributed by atoms with Crippen molar-refractivity contribution in [2.75, 3.05) is 6.54 Å². The summed E-state index contributed by atoms with van der Waals surface area (Å²) in [6.07, 6.45) is 7.21. The highest BCUT2D eigenvalue weighted by Gasteiger charge is 2.06. The fraction of sp³-hybridized carbons (Fsp3) is 0.333. The largest absolute Gasteiger partial charge is 0.385 e. The van der Waals surface area contributed by atoms with E-state index >= 15 is 0 Å². The molecule has 0 fully saturated rings. The molecule has 10 heavy (non-hydrogen) atoms. The van der Waals surface area contributed by atoms with Crippen molar-refractivity contribution in [3.05, 3.63) is 36.1 Å². The van der Waals surface area contributed by atoms with Crippen molar-refractivity contribution >= 4 is 0 Å². The molecule has 1 heterocycles. The van der Waals surface area contributed by atoms with Crippen LogP contribution >= 0.6 is 0 Å². The van der Waals surface area contributed by atoms with Gasteiger partial charge in [0.25, 0.3) is 0 Å². The molecule has 0 unspecified atom stereocenters. The second-order valence-corrected chi connectivity index (χ2v) is 2.32. The van der Waals surface area contributed by atoms with E-state index in [4.69, 9.17) is 0 Å². The molecular formula is C9H13N. The Hall–Kier alpha value is -0.980. The third-order valence-corrected chi connectivity index (χ3v) is 1.63. The van der Waals surface area contributed by atoms with E-state index in [0.717, 1.165) is 13.0 Å². The summed E-state index contributed by atoms with van der Waals surface area (Å²) in [6, 6.07) is 0. The Morgan fingerprint density at radius 1 is 1.60 bits per heavy atom. The van der Waals surface area contributed by atoms with Crippen molar-refractivity contribution in [1.82, 2.24) is 5.32 Å². The Bertz CT molecular complexity index is 187. The van der Waals surface area contributed by atoms with Gasteiger partial charge in [-0.3, -0.25) is 0 Å². The molecule has 0 saturated carbocycles. The molecule has 1 N–H and O–H groups in total. The zero-order valence-electron chi connectivity index (χ0n) is 6.35. The van der Waals surface area contributed by atoms with E-state index in [0.29, 0.717) is 0 Å². The molecule has 0 bridgehead atoms. The maximum Gasteiger partial charge on any atom is 0.0367 e. The lowest BCUT2D eigenvalue weighted by Crippen LogP contribution is -2.04.